The van der Waals surface area contributed by atoms with E-state index in [1.165, 1.54) is 6.20 Å². The fourth-order valence-corrected chi connectivity index (χ4v) is 2.37. The number of benzene rings is 1. The number of halogens is 1. The van der Waals surface area contributed by atoms with E-state index in [4.69, 9.17) is 11.6 Å². The van der Waals surface area contributed by atoms with Gasteiger partial charge in [-0.15, -0.1) is 0 Å². The fourth-order valence-electron chi connectivity index (χ4n) is 2.21. The number of nitrogens with zero attached hydrogens (tertiary/aromatic N) is 3. The van der Waals surface area contributed by atoms with E-state index in [1.54, 1.807) is 4.68 Å². The van der Waals surface area contributed by atoms with E-state index >= 15 is 0 Å². The molecule has 22 heavy (non-hydrogen) atoms. The minimum atomic E-state index is -0.410. The van der Waals surface area contributed by atoms with Gasteiger partial charge in [0.25, 0.3) is 5.56 Å². The van der Waals surface area contributed by atoms with Crippen molar-refractivity contribution in [2.75, 3.05) is 5.32 Å². The lowest BCUT2D eigenvalue weighted by molar-refractivity contribution is 0.768. The van der Waals surface area contributed by atoms with Crippen molar-refractivity contribution >= 4 is 17.3 Å². The Bertz CT molecular complexity index is 855. The number of anilines is 1. The van der Waals surface area contributed by atoms with E-state index in [9.17, 15) is 4.79 Å². The summed E-state index contributed by atoms with van der Waals surface area (Å²) in [7, 11) is 1.88. The standard InChI is InChI=1S/C15H14ClN5O/c1-21-9-11(7-19-21)12-5-3-2-4-10(12)6-17-13-8-18-20-15(22)14(13)16/h2-5,7-9H,6H2,1H3,(H2,17,20,22). The molecule has 0 saturated carbocycles. The summed E-state index contributed by atoms with van der Waals surface area (Å²) in [5.74, 6) is 0. The van der Waals surface area contributed by atoms with Crippen LogP contribution in [0.3, 0.4) is 0 Å². The summed E-state index contributed by atoms with van der Waals surface area (Å²) < 4.78 is 1.76. The third-order valence-corrected chi connectivity index (χ3v) is 3.67. The van der Waals surface area contributed by atoms with Gasteiger partial charge in [-0.05, 0) is 11.1 Å². The Balaban J connectivity index is 1.87. The van der Waals surface area contributed by atoms with Crippen LogP contribution in [0.2, 0.25) is 5.02 Å². The Kier molecular flexibility index (Phi) is 3.93. The molecule has 0 atom stereocenters. The Morgan fingerprint density at radius 1 is 1.32 bits per heavy atom. The average Bonchev–Trinajstić information content (AvgIpc) is 2.95. The highest BCUT2D eigenvalue weighted by Gasteiger charge is 2.08. The SMILES string of the molecule is Cn1cc(-c2ccccc2CNc2cn[nH]c(=O)c2Cl)cn1. The van der Waals surface area contributed by atoms with Crippen molar-refractivity contribution in [3.05, 3.63) is 63.8 Å². The molecule has 3 aromatic rings. The Labute approximate surface area is 131 Å². The molecule has 0 fully saturated rings. The minimum Gasteiger partial charge on any atom is -0.378 e. The summed E-state index contributed by atoms with van der Waals surface area (Å²) in [6, 6.07) is 8.00. The van der Waals surface area contributed by atoms with Crippen LogP contribution in [-0.4, -0.2) is 20.0 Å². The minimum absolute atomic E-state index is 0.105. The van der Waals surface area contributed by atoms with E-state index < -0.39 is 5.56 Å². The first kappa shape index (κ1) is 14.3. The molecule has 2 aromatic heterocycles. The number of H-pyrrole nitrogens is 1. The lowest BCUT2D eigenvalue weighted by Crippen LogP contribution is -2.12. The summed E-state index contributed by atoms with van der Waals surface area (Å²) in [5.41, 5.74) is 3.29. The van der Waals surface area contributed by atoms with Gasteiger partial charge in [-0.3, -0.25) is 9.48 Å². The molecule has 2 N–H and O–H groups in total. The second kappa shape index (κ2) is 6.03. The number of aryl methyl sites for hydroxylation is 1. The van der Waals surface area contributed by atoms with Crippen LogP contribution in [0, 0.1) is 0 Å². The molecular formula is C15H14ClN5O. The van der Waals surface area contributed by atoms with E-state index in [-0.39, 0.29) is 5.02 Å². The maximum atomic E-state index is 11.4. The highest BCUT2D eigenvalue weighted by molar-refractivity contribution is 6.32. The van der Waals surface area contributed by atoms with Crippen molar-refractivity contribution in [2.45, 2.75) is 6.54 Å². The van der Waals surface area contributed by atoms with Crippen LogP contribution in [0.15, 0.2) is 47.7 Å². The number of rotatable bonds is 4. The van der Waals surface area contributed by atoms with Gasteiger partial charge in [0.1, 0.15) is 5.02 Å². The van der Waals surface area contributed by atoms with Crippen molar-refractivity contribution < 1.29 is 0 Å². The smallest absolute Gasteiger partial charge is 0.285 e. The molecule has 0 unspecified atom stereocenters. The molecule has 1 aromatic carbocycles. The molecule has 0 saturated heterocycles. The Morgan fingerprint density at radius 2 is 2.14 bits per heavy atom. The zero-order valence-corrected chi connectivity index (χ0v) is 12.6. The normalized spacial score (nSPS) is 10.6. The Morgan fingerprint density at radius 3 is 2.91 bits per heavy atom. The van der Waals surface area contributed by atoms with Gasteiger partial charge in [0.2, 0.25) is 0 Å². The number of hydrogen-bond acceptors (Lipinski definition) is 4. The summed E-state index contributed by atoms with van der Waals surface area (Å²) >= 11 is 5.96. The molecule has 2 heterocycles. The predicted octanol–water partition coefficient (Wildman–Crippen LogP) is 2.44. The first-order valence-electron chi connectivity index (χ1n) is 6.69. The molecule has 0 amide bonds. The summed E-state index contributed by atoms with van der Waals surface area (Å²) in [4.78, 5) is 11.4. The van der Waals surface area contributed by atoms with Crippen LogP contribution in [0.4, 0.5) is 5.69 Å². The molecule has 6 nitrogen and oxygen atoms in total. The summed E-state index contributed by atoms with van der Waals surface area (Å²) in [6.45, 7) is 0.524. The highest BCUT2D eigenvalue weighted by atomic mass is 35.5. The van der Waals surface area contributed by atoms with E-state index in [1.807, 2.05) is 43.7 Å². The van der Waals surface area contributed by atoms with Crippen molar-refractivity contribution in [1.29, 1.82) is 0 Å². The quantitative estimate of drug-likeness (QED) is 0.775. The third-order valence-electron chi connectivity index (χ3n) is 3.30. The van der Waals surface area contributed by atoms with Gasteiger partial charge in [0.15, 0.2) is 0 Å². The second-order valence-corrected chi connectivity index (χ2v) is 5.22. The molecule has 7 heteroatoms. The molecule has 0 aliphatic rings. The molecule has 0 aliphatic heterocycles. The summed E-state index contributed by atoms with van der Waals surface area (Å²) in [5, 5.41) is 13.5. The van der Waals surface area contributed by atoms with Crippen molar-refractivity contribution in [1.82, 2.24) is 20.0 Å². The first-order chi connectivity index (χ1) is 10.6. The fraction of sp³-hybridized carbons (Fsp3) is 0.133. The van der Waals surface area contributed by atoms with Crippen LogP contribution >= 0.6 is 11.6 Å². The number of aromatic nitrogens is 4. The maximum absolute atomic E-state index is 11.4. The Hall–Kier alpha value is -2.60. The van der Waals surface area contributed by atoms with Gasteiger partial charge in [-0.2, -0.15) is 10.2 Å². The van der Waals surface area contributed by atoms with Crippen LogP contribution in [0.5, 0.6) is 0 Å². The second-order valence-electron chi connectivity index (χ2n) is 4.84. The zero-order valence-electron chi connectivity index (χ0n) is 11.9. The zero-order chi connectivity index (χ0) is 15.5. The summed E-state index contributed by atoms with van der Waals surface area (Å²) in [6.07, 6.45) is 5.28. The highest BCUT2D eigenvalue weighted by Crippen LogP contribution is 2.24. The van der Waals surface area contributed by atoms with Crippen molar-refractivity contribution in [2.24, 2.45) is 7.05 Å². The maximum Gasteiger partial charge on any atom is 0.285 e. The molecule has 3 rings (SSSR count). The molecule has 0 spiro atoms. The van der Waals surface area contributed by atoms with Gasteiger partial charge in [0.05, 0.1) is 18.1 Å². The van der Waals surface area contributed by atoms with Gasteiger partial charge in [-0.25, -0.2) is 5.10 Å². The number of nitrogens with one attached hydrogen (secondary N) is 2. The topological polar surface area (TPSA) is 75.6 Å². The van der Waals surface area contributed by atoms with Gasteiger partial charge in [0, 0.05) is 25.4 Å². The lowest BCUT2D eigenvalue weighted by Gasteiger charge is -2.10. The van der Waals surface area contributed by atoms with Crippen molar-refractivity contribution in [3.63, 3.8) is 0 Å². The van der Waals surface area contributed by atoms with Gasteiger partial charge < -0.3 is 5.32 Å². The molecule has 0 aliphatic carbocycles. The van der Waals surface area contributed by atoms with Crippen LogP contribution < -0.4 is 10.9 Å². The van der Waals surface area contributed by atoms with Gasteiger partial charge in [-0.1, -0.05) is 35.9 Å². The van der Waals surface area contributed by atoms with E-state index in [0.717, 1.165) is 16.7 Å². The van der Waals surface area contributed by atoms with Crippen molar-refractivity contribution in [3.8, 4) is 11.1 Å². The van der Waals surface area contributed by atoms with Gasteiger partial charge >= 0.3 is 0 Å². The number of hydrogen-bond donors (Lipinski definition) is 2. The molecule has 0 bridgehead atoms. The molecule has 0 radical (unpaired) electrons. The predicted molar refractivity (Wildman–Crippen MR) is 85.8 cm³/mol. The average molecular weight is 316 g/mol. The molecular weight excluding hydrogens is 302 g/mol. The van der Waals surface area contributed by atoms with E-state index in [2.05, 4.69) is 20.6 Å². The first-order valence-corrected chi connectivity index (χ1v) is 7.07. The number of aromatic amines is 1. The van der Waals surface area contributed by atoms with E-state index in [0.29, 0.717) is 12.2 Å². The van der Waals surface area contributed by atoms with Crippen LogP contribution in [0.25, 0.3) is 11.1 Å². The largest absolute Gasteiger partial charge is 0.378 e. The monoisotopic (exact) mass is 315 g/mol. The third kappa shape index (κ3) is 2.87. The van der Waals surface area contributed by atoms with Crippen LogP contribution in [0.1, 0.15) is 5.56 Å². The molecule has 112 valence electrons. The lowest BCUT2D eigenvalue weighted by atomic mass is 10.0. The van der Waals surface area contributed by atoms with Crippen LogP contribution in [-0.2, 0) is 13.6 Å².